The van der Waals surface area contributed by atoms with Gasteiger partial charge in [0, 0.05) is 0 Å². The van der Waals surface area contributed by atoms with E-state index in [1.165, 1.54) is 6.07 Å². The molecule has 1 rings (SSSR count). The number of alkyl carbamates (subject to hydrolysis) is 1. The summed E-state index contributed by atoms with van der Waals surface area (Å²) in [6.45, 7) is 8.62. The fraction of sp³-hybridized carbons (Fsp3) is 0.556. The van der Waals surface area contributed by atoms with Gasteiger partial charge in [-0.3, -0.25) is 9.52 Å². The average molecular weight is 422 g/mol. The van der Waals surface area contributed by atoms with Crippen LogP contribution in [0.3, 0.4) is 0 Å². The third-order valence-electron chi connectivity index (χ3n) is 3.28. The molecule has 2 N–H and O–H groups in total. The van der Waals surface area contributed by atoms with E-state index in [-0.39, 0.29) is 17.2 Å². The van der Waals surface area contributed by atoms with E-state index in [9.17, 15) is 27.0 Å². The van der Waals surface area contributed by atoms with E-state index in [1.54, 1.807) is 20.8 Å². The molecule has 0 saturated carbocycles. The predicted molar refractivity (Wildman–Crippen MR) is 98.6 cm³/mol. The Labute approximate surface area is 164 Å². The molecule has 0 fully saturated rings. The highest BCUT2D eigenvalue weighted by molar-refractivity contribution is 7.83. The number of alkyl halides is 3. The lowest BCUT2D eigenvalue weighted by Gasteiger charge is -2.24. The van der Waals surface area contributed by atoms with Crippen molar-refractivity contribution in [1.82, 2.24) is 10.0 Å². The topological polar surface area (TPSA) is 84.5 Å². The number of hydrogen-bond acceptors (Lipinski definition) is 4. The van der Waals surface area contributed by atoms with E-state index < -0.39 is 46.4 Å². The zero-order valence-electron chi connectivity index (χ0n) is 16.3. The van der Waals surface area contributed by atoms with Crippen LogP contribution in [0.4, 0.5) is 18.0 Å². The summed E-state index contributed by atoms with van der Waals surface area (Å²) in [5, 5.41) is 2.41. The number of carbonyl (C=O) groups excluding carboxylic acids is 2. The van der Waals surface area contributed by atoms with Crippen molar-refractivity contribution in [3.63, 3.8) is 0 Å². The second-order valence-electron chi connectivity index (χ2n) is 7.59. The molecule has 0 spiro atoms. The van der Waals surface area contributed by atoms with Crippen molar-refractivity contribution in [3.8, 4) is 0 Å². The molecular weight excluding hydrogens is 397 g/mol. The Morgan fingerprint density at radius 1 is 1.18 bits per heavy atom. The SMILES string of the molecule is CC(C)CC(NC(=O)OC(C)(C)C)C(=O)NS(=O)c1cccc(C(F)(F)F)c1. The van der Waals surface area contributed by atoms with E-state index in [2.05, 4.69) is 10.0 Å². The fourth-order valence-electron chi connectivity index (χ4n) is 2.16. The Balaban J connectivity index is 2.90. The molecule has 0 aliphatic heterocycles. The van der Waals surface area contributed by atoms with Gasteiger partial charge in [-0.15, -0.1) is 0 Å². The molecule has 0 radical (unpaired) electrons. The van der Waals surface area contributed by atoms with Crippen LogP contribution >= 0.6 is 0 Å². The molecule has 158 valence electrons. The first-order valence-electron chi connectivity index (χ1n) is 8.58. The summed E-state index contributed by atoms with van der Waals surface area (Å²) in [5.74, 6) is -0.775. The molecule has 1 aromatic carbocycles. The first-order valence-corrected chi connectivity index (χ1v) is 9.73. The minimum atomic E-state index is -4.59. The highest BCUT2D eigenvalue weighted by Crippen LogP contribution is 2.30. The van der Waals surface area contributed by atoms with E-state index >= 15 is 0 Å². The zero-order chi connectivity index (χ0) is 21.7. The summed E-state index contributed by atoms with van der Waals surface area (Å²) in [4.78, 5) is 24.2. The number of benzene rings is 1. The first kappa shape index (κ1) is 23.9. The van der Waals surface area contributed by atoms with Crippen LogP contribution in [0.15, 0.2) is 29.2 Å². The predicted octanol–water partition coefficient (Wildman–Crippen LogP) is 3.78. The van der Waals surface area contributed by atoms with Gasteiger partial charge in [-0.25, -0.2) is 9.00 Å². The lowest BCUT2D eigenvalue weighted by molar-refractivity contribution is -0.137. The molecule has 2 unspecified atom stereocenters. The summed E-state index contributed by atoms with van der Waals surface area (Å²) in [7, 11) is -2.22. The number of ether oxygens (including phenoxy) is 1. The van der Waals surface area contributed by atoms with Crippen LogP contribution in [0.5, 0.6) is 0 Å². The molecule has 0 heterocycles. The molecule has 0 aliphatic carbocycles. The van der Waals surface area contributed by atoms with Crippen molar-refractivity contribution in [2.24, 2.45) is 5.92 Å². The Hall–Kier alpha value is -2.10. The number of rotatable bonds is 6. The van der Waals surface area contributed by atoms with Gasteiger partial charge in [0.15, 0.2) is 11.0 Å². The van der Waals surface area contributed by atoms with Gasteiger partial charge < -0.3 is 10.1 Å². The van der Waals surface area contributed by atoms with Crippen molar-refractivity contribution in [2.75, 3.05) is 0 Å². The van der Waals surface area contributed by atoms with Gasteiger partial charge in [0.05, 0.1) is 10.5 Å². The molecule has 6 nitrogen and oxygen atoms in total. The first-order chi connectivity index (χ1) is 12.7. The zero-order valence-corrected chi connectivity index (χ0v) is 17.2. The normalized spacial score (nSPS) is 14.3. The number of nitrogens with one attached hydrogen (secondary N) is 2. The fourth-order valence-corrected chi connectivity index (χ4v) is 3.04. The van der Waals surface area contributed by atoms with Gasteiger partial charge >= 0.3 is 12.3 Å². The van der Waals surface area contributed by atoms with Gasteiger partial charge in [-0.05, 0) is 51.3 Å². The second kappa shape index (κ2) is 9.40. The third kappa shape index (κ3) is 8.28. The number of halogens is 3. The maximum absolute atomic E-state index is 12.8. The van der Waals surface area contributed by atoms with Crippen LogP contribution in [0.2, 0.25) is 0 Å². The van der Waals surface area contributed by atoms with Gasteiger partial charge in [0.25, 0.3) is 5.91 Å². The Morgan fingerprint density at radius 3 is 2.29 bits per heavy atom. The molecule has 2 atom stereocenters. The number of carbonyl (C=O) groups is 2. The molecular formula is C18H25F3N2O4S. The lowest BCUT2D eigenvalue weighted by atomic mass is 10.0. The van der Waals surface area contributed by atoms with Crippen molar-refractivity contribution in [2.45, 2.75) is 63.8 Å². The second-order valence-corrected chi connectivity index (χ2v) is 8.80. The largest absolute Gasteiger partial charge is 0.444 e. The van der Waals surface area contributed by atoms with Crippen LogP contribution in [0, 0.1) is 5.92 Å². The third-order valence-corrected chi connectivity index (χ3v) is 4.35. The van der Waals surface area contributed by atoms with E-state index in [0.717, 1.165) is 12.1 Å². The van der Waals surface area contributed by atoms with E-state index in [4.69, 9.17) is 4.74 Å². The molecule has 0 aliphatic rings. The van der Waals surface area contributed by atoms with E-state index in [0.29, 0.717) is 6.07 Å². The molecule has 28 heavy (non-hydrogen) atoms. The smallest absolute Gasteiger partial charge is 0.416 e. The van der Waals surface area contributed by atoms with Crippen LogP contribution in [0.25, 0.3) is 0 Å². The van der Waals surface area contributed by atoms with E-state index in [1.807, 2.05) is 13.8 Å². The Bertz CT molecular complexity index is 730. The summed E-state index contributed by atoms with van der Waals surface area (Å²) in [6.07, 6.45) is -5.19. The highest BCUT2D eigenvalue weighted by Gasteiger charge is 2.31. The van der Waals surface area contributed by atoms with Gasteiger partial charge in [-0.1, -0.05) is 19.9 Å². The maximum Gasteiger partial charge on any atom is 0.416 e. The highest BCUT2D eigenvalue weighted by atomic mass is 32.2. The van der Waals surface area contributed by atoms with Crippen LogP contribution < -0.4 is 10.0 Å². The standard InChI is InChI=1S/C18H25F3N2O4S/c1-11(2)9-14(22-16(25)27-17(3,4)5)15(24)23-28(26)13-8-6-7-12(10-13)18(19,20)21/h6-8,10-11,14H,9H2,1-5H3,(H,22,25)(H,23,24). The molecule has 0 saturated heterocycles. The van der Waals surface area contributed by atoms with Crippen molar-refractivity contribution in [3.05, 3.63) is 29.8 Å². The number of amides is 2. The molecule has 0 bridgehead atoms. The van der Waals surface area contributed by atoms with Gasteiger partial charge in [-0.2, -0.15) is 13.2 Å². The summed E-state index contributed by atoms with van der Waals surface area (Å²) in [6, 6.07) is 2.81. The van der Waals surface area contributed by atoms with Crippen LogP contribution in [-0.2, 0) is 26.7 Å². The summed E-state index contributed by atoms with van der Waals surface area (Å²) in [5.41, 5.74) is -1.75. The monoisotopic (exact) mass is 422 g/mol. The van der Waals surface area contributed by atoms with Gasteiger partial charge in [0.1, 0.15) is 11.6 Å². The van der Waals surface area contributed by atoms with Gasteiger partial charge in [0.2, 0.25) is 0 Å². The molecule has 10 heteroatoms. The van der Waals surface area contributed by atoms with Crippen molar-refractivity contribution >= 4 is 23.0 Å². The molecule has 2 amide bonds. The minimum absolute atomic E-state index is 0.00711. The quantitative estimate of drug-likeness (QED) is 0.731. The number of hydrogen-bond donors (Lipinski definition) is 2. The lowest BCUT2D eigenvalue weighted by Crippen LogP contribution is -2.49. The van der Waals surface area contributed by atoms with Crippen molar-refractivity contribution < 1.29 is 31.7 Å². The van der Waals surface area contributed by atoms with Crippen LogP contribution in [-0.4, -0.2) is 27.9 Å². The Kier molecular flexibility index (Phi) is 8.04. The average Bonchev–Trinajstić information content (AvgIpc) is 2.51. The summed E-state index contributed by atoms with van der Waals surface area (Å²) < 4.78 is 58.0. The Morgan fingerprint density at radius 2 is 1.79 bits per heavy atom. The minimum Gasteiger partial charge on any atom is -0.444 e. The maximum atomic E-state index is 12.8. The summed E-state index contributed by atoms with van der Waals surface area (Å²) >= 11 is 0. The molecule has 0 aromatic heterocycles. The van der Waals surface area contributed by atoms with Crippen molar-refractivity contribution in [1.29, 1.82) is 0 Å². The molecule has 1 aromatic rings. The van der Waals surface area contributed by atoms with Crippen LogP contribution in [0.1, 0.15) is 46.6 Å².